The molecule has 0 heterocycles. The highest BCUT2D eigenvalue weighted by Crippen LogP contribution is 2.07. The van der Waals surface area contributed by atoms with Crippen molar-refractivity contribution in [3.8, 4) is 0 Å². The summed E-state index contributed by atoms with van der Waals surface area (Å²) in [5, 5.41) is 8.46. The summed E-state index contributed by atoms with van der Waals surface area (Å²) in [4.78, 5) is 15.8. The number of carbonyl (C=O) groups is 1. The molecule has 1 aromatic carbocycles. The smallest absolute Gasteiger partial charge is 0.243 e. The summed E-state index contributed by atoms with van der Waals surface area (Å²) >= 11 is 0. The summed E-state index contributed by atoms with van der Waals surface area (Å²) in [6, 6.07) is 5.33. The largest absolute Gasteiger partial charge is 0.354 e. The number of anilines is 1. The molecule has 1 aromatic rings. The van der Waals surface area contributed by atoms with Gasteiger partial charge in [-0.1, -0.05) is 0 Å². The van der Waals surface area contributed by atoms with E-state index in [1.807, 2.05) is 6.92 Å². The molecule has 0 bridgehead atoms. The minimum Gasteiger partial charge on any atom is -0.354 e. The SMILES string of the molecule is CN=C(NCC(=O)Nc1ccc(F)cc1)NC(C)CCS(C)(=O)=O.I. The van der Waals surface area contributed by atoms with Crippen molar-refractivity contribution in [1.82, 2.24) is 10.6 Å². The van der Waals surface area contributed by atoms with E-state index >= 15 is 0 Å². The molecule has 1 amide bonds. The highest BCUT2D eigenvalue weighted by Gasteiger charge is 2.10. The highest BCUT2D eigenvalue weighted by molar-refractivity contribution is 14.0. The second-order valence-corrected chi connectivity index (χ2v) is 7.70. The van der Waals surface area contributed by atoms with Gasteiger partial charge in [-0.3, -0.25) is 9.79 Å². The Bertz CT molecular complexity index is 681. The van der Waals surface area contributed by atoms with Gasteiger partial charge in [0, 0.05) is 25.0 Å². The van der Waals surface area contributed by atoms with Gasteiger partial charge in [0.25, 0.3) is 0 Å². The molecule has 10 heteroatoms. The van der Waals surface area contributed by atoms with Crippen LogP contribution in [-0.2, 0) is 14.6 Å². The molecule has 25 heavy (non-hydrogen) atoms. The molecule has 0 aliphatic heterocycles. The van der Waals surface area contributed by atoms with E-state index in [1.54, 1.807) is 7.05 Å². The van der Waals surface area contributed by atoms with Gasteiger partial charge in [-0.2, -0.15) is 0 Å². The zero-order valence-electron chi connectivity index (χ0n) is 14.4. The van der Waals surface area contributed by atoms with Gasteiger partial charge in [-0.25, -0.2) is 12.8 Å². The molecule has 0 aromatic heterocycles. The Hall–Kier alpha value is -1.43. The maximum Gasteiger partial charge on any atom is 0.243 e. The van der Waals surface area contributed by atoms with E-state index in [9.17, 15) is 17.6 Å². The van der Waals surface area contributed by atoms with Crippen molar-refractivity contribution >= 4 is 51.4 Å². The number of nitrogens with zero attached hydrogens (tertiary/aromatic N) is 1. The molecular formula is C15H24FIN4O3S. The fourth-order valence-electron chi connectivity index (χ4n) is 1.79. The number of guanidine groups is 1. The molecule has 0 spiro atoms. The third kappa shape index (κ3) is 10.9. The molecule has 0 saturated carbocycles. The zero-order chi connectivity index (χ0) is 18.2. The van der Waals surface area contributed by atoms with Crippen molar-refractivity contribution in [1.29, 1.82) is 0 Å². The minimum atomic E-state index is -3.02. The molecule has 0 aliphatic carbocycles. The third-order valence-electron chi connectivity index (χ3n) is 3.07. The quantitative estimate of drug-likeness (QED) is 0.307. The van der Waals surface area contributed by atoms with Crippen LogP contribution in [0.4, 0.5) is 10.1 Å². The zero-order valence-corrected chi connectivity index (χ0v) is 17.5. The van der Waals surface area contributed by atoms with Gasteiger partial charge >= 0.3 is 0 Å². The number of nitrogens with one attached hydrogen (secondary N) is 3. The molecular weight excluding hydrogens is 462 g/mol. The number of aliphatic imine (C=N–C) groups is 1. The number of halogens is 2. The lowest BCUT2D eigenvalue weighted by Gasteiger charge is -2.17. The molecule has 0 saturated heterocycles. The first-order valence-electron chi connectivity index (χ1n) is 7.40. The van der Waals surface area contributed by atoms with Crippen molar-refractivity contribution in [2.75, 3.05) is 30.9 Å². The lowest BCUT2D eigenvalue weighted by molar-refractivity contribution is -0.115. The van der Waals surface area contributed by atoms with Gasteiger partial charge in [0.2, 0.25) is 5.91 Å². The second-order valence-electron chi connectivity index (χ2n) is 5.44. The number of sulfone groups is 1. The van der Waals surface area contributed by atoms with Crippen LogP contribution in [0.3, 0.4) is 0 Å². The average molecular weight is 486 g/mol. The number of amides is 1. The van der Waals surface area contributed by atoms with Gasteiger partial charge < -0.3 is 16.0 Å². The molecule has 0 fully saturated rings. The number of carbonyl (C=O) groups excluding carboxylic acids is 1. The van der Waals surface area contributed by atoms with Crippen LogP contribution in [0, 0.1) is 5.82 Å². The molecule has 7 nitrogen and oxygen atoms in total. The monoisotopic (exact) mass is 486 g/mol. The Kier molecular flexibility index (Phi) is 10.6. The Labute approximate surface area is 164 Å². The fraction of sp³-hybridized carbons (Fsp3) is 0.467. The second kappa shape index (κ2) is 11.2. The Morgan fingerprint density at radius 2 is 1.88 bits per heavy atom. The van der Waals surface area contributed by atoms with E-state index in [0.29, 0.717) is 18.1 Å². The normalized spacial score (nSPS) is 12.7. The highest BCUT2D eigenvalue weighted by atomic mass is 127. The summed E-state index contributed by atoms with van der Waals surface area (Å²) in [5.41, 5.74) is 0.493. The molecule has 142 valence electrons. The fourth-order valence-corrected chi connectivity index (χ4v) is 2.58. The van der Waals surface area contributed by atoms with Gasteiger partial charge in [0.1, 0.15) is 15.7 Å². The predicted molar refractivity (Wildman–Crippen MR) is 109 cm³/mol. The molecule has 1 atom stereocenters. The van der Waals surface area contributed by atoms with E-state index in [0.717, 1.165) is 0 Å². The Morgan fingerprint density at radius 1 is 1.28 bits per heavy atom. The first-order valence-corrected chi connectivity index (χ1v) is 9.46. The van der Waals surface area contributed by atoms with Gasteiger partial charge in [-0.15, -0.1) is 24.0 Å². The van der Waals surface area contributed by atoms with Crippen LogP contribution in [0.25, 0.3) is 0 Å². The van der Waals surface area contributed by atoms with Gasteiger partial charge in [-0.05, 0) is 37.6 Å². The van der Waals surface area contributed by atoms with E-state index in [2.05, 4.69) is 20.9 Å². The van der Waals surface area contributed by atoms with Gasteiger partial charge in [0.15, 0.2) is 5.96 Å². The number of hydrogen-bond acceptors (Lipinski definition) is 4. The first kappa shape index (κ1) is 23.6. The van der Waals surface area contributed by atoms with Crippen molar-refractivity contribution in [3.63, 3.8) is 0 Å². The topological polar surface area (TPSA) is 99.7 Å². The minimum absolute atomic E-state index is 0. The summed E-state index contributed by atoms with van der Waals surface area (Å²) in [5.74, 6) is -0.221. The lowest BCUT2D eigenvalue weighted by Crippen LogP contribution is -2.45. The summed E-state index contributed by atoms with van der Waals surface area (Å²) < 4.78 is 35.1. The van der Waals surface area contributed by atoms with Crippen LogP contribution >= 0.6 is 24.0 Å². The lowest BCUT2D eigenvalue weighted by atomic mass is 10.3. The van der Waals surface area contributed by atoms with E-state index in [1.165, 1.54) is 30.5 Å². The molecule has 3 N–H and O–H groups in total. The van der Waals surface area contributed by atoms with Crippen molar-refractivity contribution in [3.05, 3.63) is 30.1 Å². The van der Waals surface area contributed by atoms with Crippen LogP contribution in [-0.4, -0.2) is 51.9 Å². The van der Waals surface area contributed by atoms with E-state index in [4.69, 9.17) is 0 Å². The maximum atomic E-state index is 12.8. The van der Waals surface area contributed by atoms with Crippen LogP contribution in [0.15, 0.2) is 29.3 Å². The average Bonchev–Trinajstić information content (AvgIpc) is 2.51. The van der Waals surface area contributed by atoms with Crippen molar-refractivity contribution in [2.45, 2.75) is 19.4 Å². The van der Waals surface area contributed by atoms with Crippen LogP contribution < -0.4 is 16.0 Å². The third-order valence-corrected chi connectivity index (χ3v) is 4.05. The molecule has 1 rings (SSSR count). The number of hydrogen-bond donors (Lipinski definition) is 3. The first-order chi connectivity index (χ1) is 11.2. The molecule has 1 unspecified atom stereocenters. The summed E-state index contributed by atoms with van der Waals surface area (Å²) in [7, 11) is -1.46. The predicted octanol–water partition coefficient (Wildman–Crippen LogP) is 1.37. The summed E-state index contributed by atoms with van der Waals surface area (Å²) in [6.07, 6.45) is 1.62. The number of rotatable bonds is 7. The van der Waals surface area contributed by atoms with Crippen molar-refractivity contribution in [2.24, 2.45) is 4.99 Å². The Balaban J connectivity index is 0.00000576. The maximum absolute atomic E-state index is 12.8. The van der Waals surface area contributed by atoms with E-state index < -0.39 is 9.84 Å². The summed E-state index contributed by atoms with van der Waals surface area (Å²) in [6.45, 7) is 1.80. The molecule has 0 radical (unpaired) electrons. The van der Waals surface area contributed by atoms with Gasteiger partial charge in [0.05, 0.1) is 12.3 Å². The van der Waals surface area contributed by atoms with Crippen LogP contribution in [0.2, 0.25) is 0 Å². The van der Waals surface area contributed by atoms with Crippen LogP contribution in [0.5, 0.6) is 0 Å². The number of benzene rings is 1. The van der Waals surface area contributed by atoms with E-state index in [-0.39, 0.29) is 54.0 Å². The standard InChI is InChI=1S/C15H23FN4O3S.HI/c1-11(8-9-24(3,22)23)19-15(17-2)18-10-14(21)20-13-6-4-12(16)5-7-13;/h4-7,11H,8-10H2,1-3H3,(H,20,21)(H2,17,18,19);1H. The Morgan fingerprint density at radius 3 is 2.40 bits per heavy atom. The van der Waals surface area contributed by atoms with Crippen LogP contribution in [0.1, 0.15) is 13.3 Å². The molecule has 0 aliphatic rings. The van der Waals surface area contributed by atoms with Crippen molar-refractivity contribution < 1.29 is 17.6 Å².